The van der Waals surface area contributed by atoms with Gasteiger partial charge < -0.3 is 9.84 Å². The summed E-state index contributed by atoms with van der Waals surface area (Å²) in [4.78, 5) is 4.31. The van der Waals surface area contributed by atoms with Crippen LogP contribution in [0.25, 0.3) is 0 Å². The van der Waals surface area contributed by atoms with E-state index >= 15 is 0 Å². The molecule has 0 fully saturated rings. The Kier molecular flexibility index (Phi) is 7.50. The maximum absolute atomic E-state index is 12.0. The number of aromatic nitrogens is 1. The van der Waals surface area contributed by atoms with Crippen LogP contribution >= 0.6 is 11.8 Å². The van der Waals surface area contributed by atoms with Crippen molar-refractivity contribution in [2.45, 2.75) is 42.2 Å². The van der Waals surface area contributed by atoms with E-state index in [0.717, 1.165) is 15.6 Å². The van der Waals surface area contributed by atoms with Gasteiger partial charge in [0.2, 0.25) is 10.0 Å². The van der Waals surface area contributed by atoms with Crippen molar-refractivity contribution in [3.05, 3.63) is 48.2 Å². The van der Waals surface area contributed by atoms with E-state index in [9.17, 15) is 13.5 Å². The Balaban J connectivity index is 1.91. The lowest BCUT2D eigenvalue weighted by atomic mass is 9.86. The Morgan fingerprint density at radius 2 is 1.86 bits per heavy atom. The minimum Gasteiger partial charge on any atom is -0.491 e. The predicted octanol–water partition coefficient (Wildman–Crippen LogP) is 3.16. The SMILES string of the molecule is CN(C)S(=O)(=O)c1ccc(SC[C@H](O)COc2ccccc2C(C)(C)C)nc1. The van der Waals surface area contributed by atoms with E-state index in [4.69, 9.17) is 4.74 Å². The molecule has 28 heavy (non-hydrogen) atoms. The van der Waals surface area contributed by atoms with Gasteiger partial charge in [-0.2, -0.15) is 0 Å². The molecule has 0 radical (unpaired) electrons. The topological polar surface area (TPSA) is 79.7 Å². The molecule has 1 N–H and O–H groups in total. The summed E-state index contributed by atoms with van der Waals surface area (Å²) in [6, 6.07) is 11.0. The molecule has 1 heterocycles. The number of thioether (sulfide) groups is 1. The summed E-state index contributed by atoms with van der Waals surface area (Å²) in [7, 11) is -0.532. The van der Waals surface area contributed by atoms with Crippen LogP contribution in [-0.4, -0.2) is 55.4 Å². The summed E-state index contributed by atoms with van der Waals surface area (Å²) in [5, 5.41) is 10.9. The predicted molar refractivity (Wildman–Crippen MR) is 112 cm³/mol. The first-order valence-electron chi connectivity index (χ1n) is 8.93. The van der Waals surface area contributed by atoms with Crippen molar-refractivity contribution in [3.63, 3.8) is 0 Å². The van der Waals surface area contributed by atoms with Crippen LogP contribution in [0.3, 0.4) is 0 Å². The van der Waals surface area contributed by atoms with Gasteiger partial charge in [-0.1, -0.05) is 39.0 Å². The number of aliphatic hydroxyl groups excluding tert-OH is 1. The molecule has 2 aromatic rings. The summed E-state index contributed by atoms with van der Waals surface area (Å²) in [5.74, 6) is 1.17. The molecule has 1 aromatic carbocycles. The first-order chi connectivity index (χ1) is 13.0. The van der Waals surface area contributed by atoms with Crippen molar-refractivity contribution >= 4 is 21.8 Å². The number of hydrogen-bond acceptors (Lipinski definition) is 6. The van der Waals surface area contributed by atoms with E-state index in [1.54, 1.807) is 6.07 Å². The summed E-state index contributed by atoms with van der Waals surface area (Å²) in [6.07, 6.45) is 0.658. The first-order valence-corrected chi connectivity index (χ1v) is 11.4. The van der Waals surface area contributed by atoms with Crippen LogP contribution in [0.2, 0.25) is 0 Å². The zero-order valence-electron chi connectivity index (χ0n) is 16.9. The van der Waals surface area contributed by atoms with Gasteiger partial charge >= 0.3 is 0 Å². The number of pyridine rings is 1. The van der Waals surface area contributed by atoms with Gasteiger partial charge in [0.1, 0.15) is 17.3 Å². The van der Waals surface area contributed by atoms with Crippen LogP contribution in [0.1, 0.15) is 26.3 Å². The van der Waals surface area contributed by atoms with E-state index in [0.29, 0.717) is 10.8 Å². The summed E-state index contributed by atoms with van der Waals surface area (Å²) < 4.78 is 31.1. The second-order valence-electron chi connectivity index (χ2n) is 7.64. The van der Waals surface area contributed by atoms with Crippen LogP contribution in [0, 0.1) is 0 Å². The van der Waals surface area contributed by atoms with Crippen LogP contribution in [-0.2, 0) is 15.4 Å². The van der Waals surface area contributed by atoms with Crippen LogP contribution < -0.4 is 4.74 Å². The molecule has 1 atom stereocenters. The number of sulfonamides is 1. The van der Waals surface area contributed by atoms with Crippen LogP contribution in [0.15, 0.2) is 52.5 Å². The van der Waals surface area contributed by atoms with Crippen LogP contribution in [0.4, 0.5) is 0 Å². The zero-order valence-corrected chi connectivity index (χ0v) is 18.5. The first kappa shape index (κ1) is 22.7. The standard InChI is InChI=1S/C20H28N2O4S2/c1-20(2,3)17-8-6-7-9-18(17)26-13-15(23)14-27-19-11-10-16(12-21-19)28(24,25)22(4)5/h6-12,15,23H,13-14H2,1-5H3/t15-/m1/s1. The lowest BCUT2D eigenvalue weighted by Crippen LogP contribution is -2.22. The highest BCUT2D eigenvalue weighted by Gasteiger charge is 2.20. The smallest absolute Gasteiger partial charge is 0.244 e. The van der Waals surface area contributed by atoms with E-state index in [2.05, 4.69) is 25.8 Å². The highest BCUT2D eigenvalue weighted by Crippen LogP contribution is 2.31. The molecule has 0 bridgehead atoms. The van der Waals surface area contributed by atoms with Gasteiger partial charge in [-0.05, 0) is 29.2 Å². The molecule has 0 amide bonds. The molecular formula is C20H28N2O4S2. The van der Waals surface area contributed by atoms with E-state index < -0.39 is 16.1 Å². The summed E-state index contributed by atoms with van der Waals surface area (Å²) in [5.41, 5.74) is 1.05. The van der Waals surface area contributed by atoms with Crippen molar-refractivity contribution in [3.8, 4) is 5.75 Å². The average molecular weight is 425 g/mol. The molecule has 0 saturated carbocycles. The molecule has 0 aliphatic carbocycles. The van der Waals surface area contributed by atoms with E-state index in [-0.39, 0.29) is 16.9 Å². The van der Waals surface area contributed by atoms with Crippen molar-refractivity contribution in [2.75, 3.05) is 26.5 Å². The molecule has 1 aromatic heterocycles. The molecule has 0 unspecified atom stereocenters. The van der Waals surface area contributed by atoms with Crippen molar-refractivity contribution in [1.82, 2.24) is 9.29 Å². The van der Waals surface area contributed by atoms with Gasteiger partial charge in [-0.15, -0.1) is 11.8 Å². The van der Waals surface area contributed by atoms with Crippen molar-refractivity contribution in [2.24, 2.45) is 0 Å². The van der Waals surface area contributed by atoms with E-state index in [1.165, 1.54) is 38.1 Å². The quantitative estimate of drug-likeness (QED) is 0.656. The van der Waals surface area contributed by atoms with Gasteiger partial charge in [-0.3, -0.25) is 0 Å². The Hall–Kier alpha value is -1.61. The molecule has 0 spiro atoms. The van der Waals surface area contributed by atoms with Gasteiger partial charge in [-0.25, -0.2) is 17.7 Å². The van der Waals surface area contributed by atoms with Crippen molar-refractivity contribution < 1.29 is 18.3 Å². The third-order valence-electron chi connectivity index (χ3n) is 4.04. The highest BCUT2D eigenvalue weighted by molar-refractivity contribution is 7.99. The van der Waals surface area contributed by atoms with Gasteiger partial charge in [0.15, 0.2) is 0 Å². The Morgan fingerprint density at radius 3 is 2.43 bits per heavy atom. The number of hydrogen-bond donors (Lipinski definition) is 1. The lowest BCUT2D eigenvalue weighted by molar-refractivity contribution is 0.125. The fourth-order valence-electron chi connectivity index (χ4n) is 2.44. The molecular weight excluding hydrogens is 396 g/mol. The number of para-hydroxylation sites is 1. The molecule has 154 valence electrons. The fraction of sp³-hybridized carbons (Fsp3) is 0.450. The maximum atomic E-state index is 12.0. The van der Waals surface area contributed by atoms with Gasteiger partial charge in [0.25, 0.3) is 0 Å². The van der Waals surface area contributed by atoms with Crippen LogP contribution in [0.5, 0.6) is 5.75 Å². The molecule has 6 nitrogen and oxygen atoms in total. The average Bonchev–Trinajstić information content (AvgIpc) is 2.64. The third-order valence-corrected chi connectivity index (χ3v) is 6.93. The number of rotatable bonds is 8. The zero-order chi connectivity index (χ0) is 20.9. The largest absolute Gasteiger partial charge is 0.491 e. The Morgan fingerprint density at radius 1 is 1.18 bits per heavy atom. The maximum Gasteiger partial charge on any atom is 0.244 e. The highest BCUT2D eigenvalue weighted by atomic mass is 32.2. The van der Waals surface area contributed by atoms with Crippen molar-refractivity contribution in [1.29, 1.82) is 0 Å². The fourth-order valence-corrected chi connectivity index (χ4v) is 4.04. The number of nitrogens with zero attached hydrogens (tertiary/aromatic N) is 2. The van der Waals surface area contributed by atoms with Gasteiger partial charge in [0, 0.05) is 26.0 Å². The third kappa shape index (κ3) is 5.94. The molecule has 0 aliphatic rings. The molecule has 0 aliphatic heterocycles. The second kappa shape index (κ2) is 9.26. The molecule has 2 rings (SSSR count). The Labute approximate surface area is 172 Å². The monoisotopic (exact) mass is 424 g/mol. The number of aliphatic hydroxyl groups is 1. The summed E-state index contributed by atoms with van der Waals surface area (Å²) >= 11 is 1.35. The number of benzene rings is 1. The normalized spacial score (nSPS) is 13.5. The lowest BCUT2D eigenvalue weighted by Gasteiger charge is -2.23. The summed E-state index contributed by atoms with van der Waals surface area (Å²) in [6.45, 7) is 6.53. The Bertz CT molecular complexity index is 876. The minimum atomic E-state index is -3.49. The minimum absolute atomic E-state index is 0.0468. The molecule has 0 saturated heterocycles. The second-order valence-corrected chi connectivity index (χ2v) is 10.8. The van der Waals surface area contributed by atoms with E-state index in [1.807, 2.05) is 24.3 Å². The number of ether oxygens (including phenoxy) is 1. The van der Waals surface area contributed by atoms with Gasteiger partial charge in [0.05, 0.1) is 11.1 Å². The molecule has 8 heteroatoms.